The smallest absolute Gasteiger partial charge is 0.338 e. The lowest BCUT2D eigenvalue weighted by atomic mass is 10.1. The van der Waals surface area contributed by atoms with Crippen molar-refractivity contribution in [2.75, 3.05) is 6.61 Å². The van der Waals surface area contributed by atoms with Crippen LogP contribution in [-0.4, -0.2) is 24.7 Å². The molecule has 27 heavy (non-hydrogen) atoms. The highest BCUT2D eigenvalue weighted by molar-refractivity contribution is 5.94. The van der Waals surface area contributed by atoms with E-state index >= 15 is 0 Å². The van der Waals surface area contributed by atoms with Crippen LogP contribution in [0.1, 0.15) is 33.4 Å². The number of ether oxygens (including phenoxy) is 1. The van der Waals surface area contributed by atoms with Gasteiger partial charge in [-0.25, -0.2) is 10.2 Å². The van der Waals surface area contributed by atoms with E-state index in [4.69, 9.17) is 9.15 Å². The van der Waals surface area contributed by atoms with Gasteiger partial charge in [0.25, 0.3) is 5.91 Å². The fourth-order valence-electron chi connectivity index (χ4n) is 2.37. The third-order valence-electron chi connectivity index (χ3n) is 3.70. The molecule has 1 N–H and O–H groups in total. The van der Waals surface area contributed by atoms with E-state index < -0.39 is 0 Å². The summed E-state index contributed by atoms with van der Waals surface area (Å²) in [6.07, 6.45) is 1.43. The minimum atomic E-state index is -0.356. The van der Waals surface area contributed by atoms with E-state index in [1.807, 2.05) is 6.07 Å². The normalized spacial score (nSPS) is 10.7. The highest BCUT2D eigenvalue weighted by atomic mass is 16.5. The molecule has 0 bridgehead atoms. The van der Waals surface area contributed by atoms with E-state index in [9.17, 15) is 9.59 Å². The average Bonchev–Trinajstić information content (AvgIpc) is 3.18. The van der Waals surface area contributed by atoms with Crippen LogP contribution in [0.3, 0.4) is 0 Å². The molecule has 0 aliphatic carbocycles. The average molecular weight is 362 g/mol. The third kappa shape index (κ3) is 4.70. The highest BCUT2D eigenvalue weighted by Crippen LogP contribution is 2.22. The summed E-state index contributed by atoms with van der Waals surface area (Å²) >= 11 is 0. The van der Waals surface area contributed by atoms with Crippen molar-refractivity contribution in [1.82, 2.24) is 5.43 Å². The Labute approximate surface area is 156 Å². The van der Waals surface area contributed by atoms with Gasteiger partial charge in [0.05, 0.1) is 18.4 Å². The van der Waals surface area contributed by atoms with Crippen LogP contribution in [0.4, 0.5) is 0 Å². The Morgan fingerprint density at radius 1 is 1.00 bits per heavy atom. The summed E-state index contributed by atoms with van der Waals surface area (Å²) in [6.45, 7) is 2.10. The first-order chi connectivity index (χ1) is 13.2. The zero-order chi connectivity index (χ0) is 19.1. The van der Waals surface area contributed by atoms with Gasteiger partial charge < -0.3 is 9.15 Å². The third-order valence-corrected chi connectivity index (χ3v) is 3.70. The molecule has 1 aromatic heterocycles. The first-order valence-corrected chi connectivity index (χ1v) is 8.43. The largest absolute Gasteiger partial charge is 0.462 e. The SMILES string of the molecule is CCOC(=O)c1ccc(-c2ccc(/C=N\NC(=O)c3ccccc3)o2)cc1. The summed E-state index contributed by atoms with van der Waals surface area (Å²) in [5.41, 5.74) is 4.27. The van der Waals surface area contributed by atoms with E-state index in [-0.39, 0.29) is 11.9 Å². The van der Waals surface area contributed by atoms with Crippen LogP contribution in [0, 0.1) is 0 Å². The van der Waals surface area contributed by atoms with Gasteiger partial charge in [-0.2, -0.15) is 5.10 Å². The molecule has 0 saturated heterocycles. The van der Waals surface area contributed by atoms with Crippen LogP contribution >= 0.6 is 0 Å². The number of nitrogens with zero attached hydrogens (tertiary/aromatic N) is 1. The molecule has 0 fully saturated rings. The van der Waals surface area contributed by atoms with Crippen molar-refractivity contribution < 1.29 is 18.7 Å². The summed E-state index contributed by atoms with van der Waals surface area (Å²) in [6, 6.07) is 19.3. The zero-order valence-corrected chi connectivity index (χ0v) is 14.7. The molecule has 0 saturated carbocycles. The number of hydrazone groups is 1. The van der Waals surface area contributed by atoms with Gasteiger partial charge in [-0.15, -0.1) is 0 Å². The second-order valence-electron chi connectivity index (χ2n) is 5.56. The number of amides is 1. The van der Waals surface area contributed by atoms with Gasteiger partial charge in [-0.3, -0.25) is 4.79 Å². The second kappa shape index (κ2) is 8.62. The van der Waals surface area contributed by atoms with Crippen LogP contribution < -0.4 is 5.43 Å². The molecule has 0 aliphatic heterocycles. The predicted octanol–water partition coefficient (Wildman–Crippen LogP) is 3.89. The van der Waals surface area contributed by atoms with Crippen molar-refractivity contribution in [1.29, 1.82) is 0 Å². The number of furan rings is 1. The minimum Gasteiger partial charge on any atom is -0.462 e. The Morgan fingerprint density at radius 3 is 2.44 bits per heavy atom. The summed E-state index contributed by atoms with van der Waals surface area (Å²) in [5, 5.41) is 3.90. The van der Waals surface area contributed by atoms with Crippen LogP contribution in [0.5, 0.6) is 0 Å². The molecule has 3 aromatic rings. The van der Waals surface area contributed by atoms with E-state index in [0.29, 0.717) is 29.3 Å². The van der Waals surface area contributed by atoms with Gasteiger partial charge in [0.1, 0.15) is 11.5 Å². The van der Waals surface area contributed by atoms with E-state index in [0.717, 1.165) is 5.56 Å². The number of nitrogens with one attached hydrogen (secondary N) is 1. The lowest BCUT2D eigenvalue weighted by Gasteiger charge is -2.02. The number of rotatable bonds is 6. The number of benzene rings is 2. The van der Waals surface area contributed by atoms with Crippen molar-refractivity contribution in [2.24, 2.45) is 5.10 Å². The zero-order valence-electron chi connectivity index (χ0n) is 14.7. The maximum absolute atomic E-state index is 11.9. The van der Waals surface area contributed by atoms with Crippen LogP contribution in [0.15, 0.2) is 76.2 Å². The molecule has 1 amide bonds. The van der Waals surface area contributed by atoms with Crippen LogP contribution in [0.2, 0.25) is 0 Å². The fraction of sp³-hybridized carbons (Fsp3) is 0.0952. The first kappa shape index (κ1) is 18.1. The summed E-state index contributed by atoms with van der Waals surface area (Å²) < 4.78 is 10.6. The molecular weight excluding hydrogens is 344 g/mol. The maximum atomic E-state index is 11.9. The molecule has 3 rings (SSSR count). The molecule has 0 aliphatic rings. The van der Waals surface area contributed by atoms with Gasteiger partial charge in [0, 0.05) is 11.1 Å². The van der Waals surface area contributed by atoms with Crippen LogP contribution in [-0.2, 0) is 4.74 Å². The number of esters is 1. The van der Waals surface area contributed by atoms with E-state index in [1.165, 1.54) is 6.21 Å². The van der Waals surface area contributed by atoms with Gasteiger partial charge in [-0.1, -0.05) is 30.3 Å². The Balaban J connectivity index is 1.63. The van der Waals surface area contributed by atoms with Crippen molar-refractivity contribution >= 4 is 18.1 Å². The number of hydrogen-bond acceptors (Lipinski definition) is 5. The highest BCUT2D eigenvalue weighted by Gasteiger charge is 2.08. The monoisotopic (exact) mass is 362 g/mol. The Kier molecular flexibility index (Phi) is 5.79. The Morgan fingerprint density at radius 2 is 1.74 bits per heavy atom. The molecule has 1 heterocycles. The van der Waals surface area contributed by atoms with Gasteiger partial charge in [-0.05, 0) is 43.3 Å². The Bertz CT molecular complexity index is 944. The molecule has 0 spiro atoms. The van der Waals surface area contributed by atoms with E-state index in [1.54, 1.807) is 67.6 Å². The van der Waals surface area contributed by atoms with Gasteiger partial charge >= 0.3 is 5.97 Å². The number of carbonyl (C=O) groups is 2. The van der Waals surface area contributed by atoms with E-state index in [2.05, 4.69) is 10.5 Å². The quantitative estimate of drug-likeness (QED) is 0.410. The molecule has 136 valence electrons. The lowest BCUT2D eigenvalue weighted by Crippen LogP contribution is -2.17. The first-order valence-electron chi connectivity index (χ1n) is 8.43. The predicted molar refractivity (Wildman–Crippen MR) is 102 cm³/mol. The summed E-state index contributed by atoms with van der Waals surface area (Å²) in [4.78, 5) is 23.6. The Hall–Kier alpha value is -3.67. The topological polar surface area (TPSA) is 80.9 Å². The van der Waals surface area contributed by atoms with Crippen LogP contribution in [0.25, 0.3) is 11.3 Å². The molecule has 0 atom stereocenters. The second-order valence-corrected chi connectivity index (χ2v) is 5.56. The summed E-state index contributed by atoms with van der Waals surface area (Å²) in [7, 11) is 0. The lowest BCUT2D eigenvalue weighted by molar-refractivity contribution is 0.0526. The van der Waals surface area contributed by atoms with Crippen molar-refractivity contribution in [3.05, 3.63) is 83.6 Å². The standard InChI is InChI=1S/C21H18N2O4/c1-2-26-21(25)17-10-8-15(9-11-17)19-13-12-18(27-19)14-22-23-20(24)16-6-4-3-5-7-16/h3-14H,2H2,1H3,(H,23,24)/b22-14-. The number of carbonyl (C=O) groups excluding carboxylic acids is 2. The van der Waals surface area contributed by atoms with Crippen molar-refractivity contribution in [3.63, 3.8) is 0 Å². The fourth-order valence-corrected chi connectivity index (χ4v) is 2.37. The number of hydrogen-bond donors (Lipinski definition) is 1. The molecule has 0 radical (unpaired) electrons. The van der Waals surface area contributed by atoms with Crippen molar-refractivity contribution in [3.8, 4) is 11.3 Å². The van der Waals surface area contributed by atoms with Gasteiger partial charge in [0.15, 0.2) is 0 Å². The minimum absolute atomic E-state index is 0.298. The molecule has 6 nitrogen and oxygen atoms in total. The maximum Gasteiger partial charge on any atom is 0.338 e. The van der Waals surface area contributed by atoms with Gasteiger partial charge in [0.2, 0.25) is 0 Å². The molecule has 6 heteroatoms. The summed E-state index contributed by atoms with van der Waals surface area (Å²) in [5.74, 6) is 0.465. The van der Waals surface area contributed by atoms with Crippen molar-refractivity contribution in [2.45, 2.75) is 6.92 Å². The molecule has 0 unspecified atom stereocenters. The molecule has 2 aromatic carbocycles. The molecular formula is C21H18N2O4.